The number of rotatable bonds is 6. The van der Waals surface area contributed by atoms with Gasteiger partial charge in [-0.05, 0) is 99.8 Å². The Labute approximate surface area is 280 Å². The van der Waals surface area contributed by atoms with E-state index < -0.39 is 0 Å². The number of benzene rings is 8. The summed E-state index contributed by atoms with van der Waals surface area (Å²) in [6, 6.07) is 69.8. The number of nitrogens with zero attached hydrogens (tertiary/aromatic N) is 2. The molecule has 0 saturated carbocycles. The Hall–Kier alpha value is -6.38. The molecule has 0 N–H and O–H groups in total. The fourth-order valence-electron chi connectivity index (χ4n) is 7.00. The highest BCUT2D eigenvalue weighted by molar-refractivity contribution is 6.13. The third-order valence-corrected chi connectivity index (χ3v) is 9.37. The molecule has 9 aromatic rings. The molecular weight excluding hydrogens is 581 g/mol. The van der Waals surface area contributed by atoms with Gasteiger partial charge in [0.25, 0.3) is 0 Å². The summed E-state index contributed by atoms with van der Waals surface area (Å²) in [4.78, 5) is 2.32. The van der Waals surface area contributed by atoms with E-state index in [1.54, 1.807) is 0 Å². The molecule has 0 aliphatic carbocycles. The highest BCUT2D eigenvalue weighted by atomic mass is 15.1. The number of aromatic nitrogens is 1. The summed E-state index contributed by atoms with van der Waals surface area (Å²) in [6.07, 6.45) is 0. The van der Waals surface area contributed by atoms with E-state index in [1.165, 1.54) is 54.8 Å². The predicted molar refractivity (Wildman–Crippen MR) is 204 cm³/mol. The van der Waals surface area contributed by atoms with E-state index in [0.29, 0.717) is 0 Å². The second-order valence-electron chi connectivity index (χ2n) is 12.2. The third kappa shape index (κ3) is 4.92. The Balaban J connectivity index is 1.09. The minimum Gasteiger partial charge on any atom is -0.311 e. The van der Waals surface area contributed by atoms with Crippen LogP contribution in [0.2, 0.25) is 0 Å². The van der Waals surface area contributed by atoms with Crippen molar-refractivity contribution in [3.8, 4) is 27.9 Å². The third-order valence-electron chi connectivity index (χ3n) is 9.37. The fourth-order valence-corrected chi connectivity index (χ4v) is 7.00. The molecule has 0 atom stereocenters. The van der Waals surface area contributed by atoms with Crippen LogP contribution < -0.4 is 4.90 Å². The van der Waals surface area contributed by atoms with E-state index in [4.69, 9.17) is 0 Å². The van der Waals surface area contributed by atoms with Gasteiger partial charge in [-0.25, -0.2) is 0 Å². The molecule has 9 rings (SSSR count). The summed E-state index contributed by atoms with van der Waals surface area (Å²) in [5, 5.41) is 5.05. The maximum Gasteiger partial charge on any atom is 0.0547 e. The van der Waals surface area contributed by atoms with Crippen molar-refractivity contribution in [1.82, 2.24) is 4.57 Å². The molecule has 0 fully saturated rings. The summed E-state index contributed by atoms with van der Waals surface area (Å²) in [7, 11) is 0. The van der Waals surface area contributed by atoms with Crippen molar-refractivity contribution in [2.24, 2.45) is 0 Å². The first-order valence-electron chi connectivity index (χ1n) is 16.4. The van der Waals surface area contributed by atoms with Crippen molar-refractivity contribution >= 4 is 49.6 Å². The monoisotopic (exact) mass is 612 g/mol. The number of hydrogen-bond donors (Lipinski definition) is 0. The molecule has 8 aromatic carbocycles. The van der Waals surface area contributed by atoms with Crippen LogP contribution in [0.1, 0.15) is 0 Å². The predicted octanol–water partition coefficient (Wildman–Crippen LogP) is 12.7. The lowest BCUT2D eigenvalue weighted by Gasteiger charge is -2.26. The Kier molecular flexibility index (Phi) is 6.84. The van der Waals surface area contributed by atoms with Gasteiger partial charge in [-0.15, -0.1) is 0 Å². The fraction of sp³-hybridized carbons (Fsp3) is 0. The Morgan fingerprint density at radius 3 is 1.42 bits per heavy atom. The quantitative estimate of drug-likeness (QED) is 0.181. The summed E-state index contributed by atoms with van der Waals surface area (Å²) < 4.78 is 2.39. The zero-order chi connectivity index (χ0) is 31.9. The first-order valence-corrected chi connectivity index (χ1v) is 16.4. The molecule has 0 saturated heterocycles. The van der Waals surface area contributed by atoms with Gasteiger partial charge < -0.3 is 9.47 Å². The maximum absolute atomic E-state index is 2.39. The van der Waals surface area contributed by atoms with Gasteiger partial charge >= 0.3 is 0 Å². The van der Waals surface area contributed by atoms with Crippen molar-refractivity contribution in [3.05, 3.63) is 194 Å². The normalized spacial score (nSPS) is 11.3. The Morgan fingerprint density at radius 1 is 0.312 bits per heavy atom. The molecule has 2 nitrogen and oxygen atoms in total. The van der Waals surface area contributed by atoms with Gasteiger partial charge in [0, 0.05) is 33.5 Å². The molecule has 1 aromatic heterocycles. The van der Waals surface area contributed by atoms with Crippen LogP contribution in [-0.2, 0) is 0 Å². The van der Waals surface area contributed by atoms with Crippen LogP contribution in [-0.4, -0.2) is 4.57 Å². The van der Waals surface area contributed by atoms with E-state index in [0.717, 1.165) is 22.7 Å². The minimum atomic E-state index is 1.11. The van der Waals surface area contributed by atoms with E-state index >= 15 is 0 Å². The van der Waals surface area contributed by atoms with Crippen molar-refractivity contribution in [1.29, 1.82) is 0 Å². The lowest BCUT2D eigenvalue weighted by atomic mass is 10.00. The second-order valence-corrected chi connectivity index (χ2v) is 12.2. The smallest absolute Gasteiger partial charge is 0.0547 e. The first kappa shape index (κ1) is 27.9. The summed E-state index contributed by atoms with van der Waals surface area (Å²) >= 11 is 0. The largest absolute Gasteiger partial charge is 0.311 e. The lowest BCUT2D eigenvalue weighted by molar-refractivity contribution is 1.17. The van der Waals surface area contributed by atoms with Crippen LogP contribution in [0.25, 0.3) is 60.5 Å². The van der Waals surface area contributed by atoms with Crippen molar-refractivity contribution in [3.63, 3.8) is 0 Å². The van der Waals surface area contributed by atoms with Gasteiger partial charge in [0.1, 0.15) is 0 Å². The average Bonchev–Trinajstić information content (AvgIpc) is 3.48. The van der Waals surface area contributed by atoms with E-state index in [1.807, 2.05) is 0 Å². The number of para-hydroxylation sites is 2. The van der Waals surface area contributed by atoms with Crippen molar-refractivity contribution in [2.45, 2.75) is 0 Å². The molecule has 0 bridgehead atoms. The summed E-state index contributed by atoms with van der Waals surface area (Å²) in [5.74, 6) is 0. The molecule has 0 amide bonds. The van der Waals surface area contributed by atoms with E-state index in [2.05, 4.69) is 204 Å². The van der Waals surface area contributed by atoms with E-state index in [-0.39, 0.29) is 0 Å². The Morgan fingerprint density at radius 2 is 0.771 bits per heavy atom. The standard InChI is InChI=1S/C46H32N2/c1-3-11-33(12-4-1)34-19-21-35(22-20-34)36-23-25-40(26-24-36)47(39-15-5-2-6-16-39)41-27-29-42(30-28-41)48-45-18-10-9-17-43(45)44-31-37-13-7-8-14-38(37)32-46(44)48/h1-32H. The summed E-state index contributed by atoms with van der Waals surface area (Å²) in [5.41, 5.74) is 11.8. The molecule has 0 aliphatic heterocycles. The summed E-state index contributed by atoms with van der Waals surface area (Å²) in [6.45, 7) is 0. The molecular formula is C46H32N2. The lowest BCUT2D eigenvalue weighted by Crippen LogP contribution is -2.10. The number of fused-ring (bicyclic) bond motifs is 4. The average molecular weight is 613 g/mol. The van der Waals surface area contributed by atoms with Crippen molar-refractivity contribution < 1.29 is 0 Å². The molecule has 2 heteroatoms. The molecule has 48 heavy (non-hydrogen) atoms. The highest BCUT2D eigenvalue weighted by Crippen LogP contribution is 2.38. The van der Waals surface area contributed by atoms with Gasteiger partial charge in [-0.1, -0.05) is 127 Å². The van der Waals surface area contributed by atoms with Crippen LogP contribution in [0, 0.1) is 0 Å². The molecule has 226 valence electrons. The minimum absolute atomic E-state index is 1.11. The van der Waals surface area contributed by atoms with Gasteiger partial charge in [0.05, 0.1) is 11.0 Å². The molecule has 0 aliphatic rings. The van der Waals surface area contributed by atoms with E-state index in [9.17, 15) is 0 Å². The highest BCUT2D eigenvalue weighted by Gasteiger charge is 2.16. The van der Waals surface area contributed by atoms with Gasteiger partial charge in [-0.2, -0.15) is 0 Å². The van der Waals surface area contributed by atoms with Crippen molar-refractivity contribution in [2.75, 3.05) is 4.90 Å². The van der Waals surface area contributed by atoms with Crippen LogP contribution in [0.5, 0.6) is 0 Å². The number of anilines is 3. The first-order chi connectivity index (χ1) is 23.8. The Bertz CT molecular complexity index is 2510. The van der Waals surface area contributed by atoms with Gasteiger partial charge in [-0.3, -0.25) is 0 Å². The zero-order valence-corrected chi connectivity index (χ0v) is 26.4. The maximum atomic E-state index is 2.39. The van der Waals surface area contributed by atoms with Crippen LogP contribution >= 0.6 is 0 Å². The van der Waals surface area contributed by atoms with Gasteiger partial charge in [0.15, 0.2) is 0 Å². The SMILES string of the molecule is c1ccc(-c2ccc(-c3ccc(N(c4ccccc4)c4ccc(-n5c6ccccc6c6cc7ccccc7cc65)cc4)cc3)cc2)cc1. The zero-order valence-electron chi connectivity index (χ0n) is 26.4. The number of hydrogen-bond acceptors (Lipinski definition) is 1. The van der Waals surface area contributed by atoms with Crippen LogP contribution in [0.15, 0.2) is 194 Å². The van der Waals surface area contributed by atoms with Gasteiger partial charge in [0.2, 0.25) is 0 Å². The second kappa shape index (κ2) is 11.8. The van der Waals surface area contributed by atoms with Crippen LogP contribution in [0.3, 0.4) is 0 Å². The topological polar surface area (TPSA) is 8.17 Å². The molecule has 1 heterocycles. The molecule has 0 radical (unpaired) electrons. The molecule has 0 unspecified atom stereocenters. The molecule has 0 spiro atoms. The van der Waals surface area contributed by atoms with Crippen LogP contribution in [0.4, 0.5) is 17.1 Å².